The first-order valence-electron chi connectivity index (χ1n) is 11.1. The Balaban J connectivity index is 1.48. The molecule has 0 aliphatic carbocycles. The first kappa shape index (κ1) is 21.1. The SMILES string of the molecule is COc1cc(/C=C2/O[C@H](C)CN3C2=NO[C@]3(C)c2ccc(C)cc2)ccc1-n1cnc(C)c1. The predicted molar refractivity (Wildman–Crippen MR) is 127 cm³/mol. The summed E-state index contributed by atoms with van der Waals surface area (Å²) in [5, 5.41) is 4.44. The molecule has 170 valence electrons. The third-order valence-electron chi connectivity index (χ3n) is 6.15. The predicted octanol–water partition coefficient (Wildman–Crippen LogP) is 4.78. The average Bonchev–Trinajstić information content (AvgIpc) is 3.38. The molecule has 0 spiro atoms. The fourth-order valence-corrected chi connectivity index (χ4v) is 4.31. The number of hydrogen-bond donors (Lipinski definition) is 0. The number of ether oxygens (including phenoxy) is 2. The second-order valence-corrected chi connectivity index (χ2v) is 8.76. The summed E-state index contributed by atoms with van der Waals surface area (Å²) in [5.41, 5.74) is 4.41. The van der Waals surface area contributed by atoms with Crippen LogP contribution >= 0.6 is 0 Å². The molecule has 7 nitrogen and oxygen atoms in total. The normalized spacial score (nSPS) is 23.1. The van der Waals surface area contributed by atoms with E-state index in [-0.39, 0.29) is 6.10 Å². The zero-order valence-electron chi connectivity index (χ0n) is 19.6. The molecule has 0 bridgehead atoms. The Morgan fingerprint density at radius 1 is 1.15 bits per heavy atom. The molecular weight excluding hydrogens is 416 g/mol. The maximum absolute atomic E-state index is 6.20. The Bertz CT molecular complexity index is 1240. The topological polar surface area (TPSA) is 61.1 Å². The molecule has 0 unspecified atom stereocenters. The molecule has 2 aliphatic heterocycles. The van der Waals surface area contributed by atoms with Crippen molar-refractivity contribution in [3.8, 4) is 11.4 Å². The molecule has 1 aromatic heterocycles. The molecule has 0 amide bonds. The lowest BCUT2D eigenvalue weighted by atomic mass is 10.00. The monoisotopic (exact) mass is 444 g/mol. The van der Waals surface area contributed by atoms with E-state index >= 15 is 0 Å². The van der Waals surface area contributed by atoms with Crippen LogP contribution in [0.1, 0.15) is 36.2 Å². The van der Waals surface area contributed by atoms with Crippen molar-refractivity contribution in [1.82, 2.24) is 14.5 Å². The maximum Gasteiger partial charge on any atom is 0.234 e. The highest BCUT2D eigenvalue weighted by Gasteiger charge is 2.48. The number of benzene rings is 2. The van der Waals surface area contributed by atoms with Crippen molar-refractivity contribution in [2.45, 2.75) is 39.5 Å². The molecule has 3 aromatic rings. The zero-order chi connectivity index (χ0) is 23.2. The van der Waals surface area contributed by atoms with E-state index in [9.17, 15) is 0 Å². The second-order valence-electron chi connectivity index (χ2n) is 8.76. The summed E-state index contributed by atoms with van der Waals surface area (Å²) in [4.78, 5) is 12.5. The number of aromatic nitrogens is 2. The van der Waals surface area contributed by atoms with Gasteiger partial charge in [-0.15, -0.1) is 0 Å². The van der Waals surface area contributed by atoms with E-state index in [2.05, 4.69) is 60.1 Å². The first-order chi connectivity index (χ1) is 15.9. The van der Waals surface area contributed by atoms with Crippen molar-refractivity contribution in [3.05, 3.63) is 83.1 Å². The molecular formula is C26H28N4O3. The number of oxime groups is 1. The van der Waals surface area contributed by atoms with Crippen molar-refractivity contribution in [2.24, 2.45) is 5.16 Å². The van der Waals surface area contributed by atoms with Crippen molar-refractivity contribution in [2.75, 3.05) is 13.7 Å². The summed E-state index contributed by atoms with van der Waals surface area (Å²) in [7, 11) is 1.67. The molecule has 1 saturated heterocycles. The van der Waals surface area contributed by atoms with E-state index in [1.54, 1.807) is 13.4 Å². The van der Waals surface area contributed by atoms with Gasteiger partial charge in [-0.25, -0.2) is 4.98 Å². The Hall–Kier alpha value is -3.74. The van der Waals surface area contributed by atoms with Crippen molar-refractivity contribution >= 4 is 11.9 Å². The van der Waals surface area contributed by atoms with E-state index < -0.39 is 5.72 Å². The molecule has 2 aliphatic rings. The van der Waals surface area contributed by atoms with Gasteiger partial charge in [0.25, 0.3) is 0 Å². The van der Waals surface area contributed by atoms with Crippen molar-refractivity contribution < 1.29 is 14.3 Å². The number of rotatable bonds is 4. The highest BCUT2D eigenvalue weighted by Crippen LogP contribution is 2.40. The van der Waals surface area contributed by atoms with Gasteiger partial charge in [0.2, 0.25) is 11.6 Å². The molecule has 5 rings (SSSR count). The van der Waals surface area contributed by atoms with Crippen LogP contribution in [0.2, 0.25) is 0 Å². The van der Waals surface area contributed by atoms with E-state index in [4.69, 9.17) is 14.3 Å². The third-order valence-corrected chi connectivity index (χ3v) is 6.15. The number of hydrogen-bond acceptors (Lipinski definition) is 6. The fourth-order valence-electron chi connectivity index (χ4n) is 4.31. The zero-order valence-corrected chi connectivity index (χ0v) is 19.6. The van der Waals surface area contributed by atoms with Gasteiger partial charge in [0.1, 0.15) is 11.9 Å². The van der Waals surface area contributed by atoms with E-state index in [1.165, 1.54) is 5.56 Å². The van der Waals surface area contributed by atoms with E-state index in [0.717, 1.165) is 28.3 Å². The van der Waals surface area contributed by atoms with E-state index in [0.29, 0.717) is 18.1 Å². The summed E-state index contributed by atoms with van der Waals surface area (Å²) in [6.45, 7) is 8.83. The summed E-state index contributed by atoms with van der Waals surface area (Å²) in [6, 6.07) is 14.4. The summed E-state index contributed by atoms with van der Waals surface area (Å²) in [6.07, 6.45) is 5.72. The van der Waals surface area contributed by atoms with Gasteiger partial charge in [0.15, 0.2) is 5.76 Å². The molecule has 3 heterocycles. The molecule has 0 radical (unpaired) electrons. The van der Waals surface area contributed by atoms with Gasteiger partial charge in [-0.3, -0.25) is 0 Å². The number of amidine groups is 1. The highest BCUT2D eigenvalue weighted by molar-refractivity contribution is 6.01. The molecule has 0 saturated carbocycles. The second kappa shape index (κ2) is 7.99. The first-order valence-corrected chi connectivity index (χ1v) is 11.1. The van der Waals surface area contributed by atoms with Crippen LogP contribution in [0.4, 0.5) is 0 Å². The van der Waals surface area contributed by atoms with Crippen LogP contribution in [-0.2, 0) is 15.3 Å². The number of aryl methyl sites for hydroxylation is 2. The molecule has 2 aromatic carbocycles. The number of imidazole rings is 1. The van der Waals surface area contributed by atoms with Gasteiger partial charge in [0, 0.05) is 18.7 Å². The number of methoxy groups -OCH3 is 1. The lowest BCUT2D eigenvalue weighted by Gasteiger charge is -2.39. The van der Waals surface area contributed by atoms with Crippen LogP contribution in [0, 0.1) is 13.8 Å². The summed E-state index contributed by atoms with van der Waals surface area (Å²) in [5.74, 6) is 2.12. The summed E-state index contributed by atoms with van der Waals surface area (Å²) >= 11 is 0. The lowest BCUT2D eigenvalue weighted by molar-refractivity contribution is -0.104. The van der Waals surface area contributed by atoms with Crippen LogP contribution in [-0.4, -0.2) is 40.0 Å². The minimum Gasteiger partial charge on any atom is -0.495 e. The van der Waals surface area contributed by atoms with Gasteiger partial charge >= 0.3 is 0 Å². The van der Waals surface area contributed by atoms with Crippen LogP contribution in [0.3, 0.4) is 0 Å². The lowest BCUT2D eigenvalue weighted by Crippen LogP contribution is -2.51. The largest absolute Gasteiger partial charge is 0.495 e. The van der Waals surface area contributed by atoms with Gasteiger partial charge in [-0.05, 0) is 44.5 Å². The minimum atomic E-state index is -0.680. The Labute approximate surface area is 193 Å². The molecule has 33 heavy (non-hydrogen) atoms. The number of morpholine rings is 1. The van der Waals surface area contributed by atoms with Gasteiger partial charge in [-0.1, -0.05) is 41.1 Å². The molecule has 2 atom stereocenters. The number of fused-ring (bicyclic) bond motifs is 1. The molecule has 7 heteroatoms. The highest BCUT2D eigenvalue weighted by atomic mass is 16.7. The third kappa shape index (κ3) is 3.73. The van der Waals surface area contributed by atoms with Gasteiger partial charge in [0.05, 0.1) is 31.4 Å². The maximum atomic E-state index is 6.20. The van der Waals surface area contributed by atoms with Crippen LogP contribution in [0.15, 0.2) is 65.9 Å². The Morgan fingerprint density at radius 3 is 2.64 bits per heavy atom. The van der Waals surface area contributed by atoms with Crippen LogP contribution in [0.5, 0.6) is 5.75 Å². The van der Waals surface area contributed by atoms with E-state index in [1.807, 2.05) is 42.0 Å². The quantitative estimate of drug-likeness (QED) is 0.580. The van der Waals surface area contributed by atoms with Crippen LogP contribution in [0.25, 0.3) is 11.8 Å². The summed E-state index contributed by atoms with van der Waals surface area (Å²) < 4.78 is 13.8. The molecule has 0 N–H and O–H groups in total. The number of nitrogens with zero attached hydrogens (tertiary/aromatic N) is 4. The smallest absolute Gasteiger partial charge is 0.234 e. The van der Waals surface area contributed by atoms with Gasteiger partial charge in [-0.2, -0.15) is 0 Å². The minimum absolute atomic E-state index is 0.0169. The average molecular weight is 445 g/mol. The Morgan fingerprint density at radius 2 is 1.94 bits per heavy atom. The van der Waals surface area contributed by atoms with Crippen LogP contribution < -0.4 is 4.74 Å². The Kier molecular flexibility index (Phi) is 5.12. The fraction of sp³-hybridized carbons (Fsp3) is 0.308. The molecule has 1 fully saturated rings. The van der Waals surface area contributed by atoms with Crippen molar-refractivity contribution in [1.29, 1.82) is 0 Å². The van der Waals surface area contributed by atoms with Crippen molar-refractivity contribution in [3.63, 3.8) is 0 Å². The van der Waals surface area contributed by atoms with Gasteiger partial charge < -0.3 is 23.8 Å². The standard InChI is InChI=1S/C26H28N4O3/c1-17-6-9-21(10-7-17)26(4)30-15-19(3)32-24(25(30)28-33-26)13-20-8-11-22(23(12-20)31-5)29-14-18(2)27-16-29/h6-14,16,19H,15H2,1-5H3/b24-13+/t19-,26-/m1/s1.